The van der Waals surface area contributed by atoms with Crippen LogP contribution in [0, 0.1) is 29.1 Å². The van der Waals surface area contributed by atoms with Crippen molar-refractivity contribution in [3.63, 3.8) is 0 Å². The van der Waals surface area contributed by atoms with E-state index in [1.807, 2.05) is 0 Å². The van der Waals surface area contributed by atoms with Crippen molar-refractivity contribution in [2.45, 2.75) is 76.1 Å². The average Bonchev–Trinajstić information content (AvgIpc) is 3.34. The molecule has 0 bridgehead atoms. The Morgan fingerprint density at radius 3 is 2.93 bits per heavy atom. The van der Waals surface area contributed by atoms with Gasteiger partial charge in [0.1, 0.15) is 17.5 Å². The van der Waals surface area contributed by atoms with Crippen molar-refractivity contribution in [3.05, 3.63) is 29.3 Å². The normalized spacial score (nSPS) is 51.6. The zero-order chi connectivity index (χ0) is 18.6. The van der Waals surface area contributed by atoms with Gasteiger partial charge in [-0.3, -0.25) is 0 Å². The number of methoxy groups -OCH3 is 1. The van der Waals surface area contributed by atoms with Gasteiger partial charge in [-0.1, -0.05) is 26.3 Å². The smallest absolute Gasteiger partial charge is 0.119 e. The SMILES string of the molecule is CC[C@@H]1Cc2cc(OC)ccc2C2CC[C@@]3(C)C(C[C@H]4C[C@@H]5O[C@@H]5[C@]43O)C21. The molecule has 9 atom stereocenters. The molecular weight excluding hydrogens is 336 g/mol. The first kappa shape index (κ1) is 16.9. The van der Waals surface area contributed by atoms with Crippen molar-refractivity contribution >= 4 is 0 Å². The summed E-state index contributed by atoms with van der Waals surface area (Å²) in [5, 5.41) is 11.9. The number of aliphatic hydroxyl groups is 1. The lowest BCUT2D eigenvalue weighted by molar-refractivity contribution is -0.137. The van der Waals surface area contributed by atoms with Crippen LogP contribution in [-0.4, -0.2) is 30.0 Å². The number of hydrogen-bond acceptors (Lipinski definition) is 3. The molecule has 1 aliphatic heterocycles. The highest BCUT2D eigenvalue weighted by atomic mass is 16.6. The molecule has 1 N–H and O–H groups in total. The molecule has 1 heterocycles. The van der Waals surface area contributed by atoms with Crippen molar-refractivity contribution in [1.29, 1.82) is 0 Å². The van der Waals surface area contributed by atoms with Crippen LogP contribution in [0.15, 0.2) is 18.2 Å². The first-order chi connectivity index (χ1) is 13.0. The van der Waals surface area contributed by atoms with Gasteiger partial charge in [0.05, 0.1) is 13.2 Å². The summed E-state index contributed by atoms with van der Waals surface area (Å²) in [7, 11) is 1.77. The largest absolute Gasteiger partial charge is 0.497 e. The molecule has 27 heavy (non-hydrogen) atoms. The molecule has 0 radical (unpaired) electrons. The second kappa shape index (κ2) is 5.30. The highest BCUT2D eigenvalue weighted by molar-refractivity contribution is 5.42. The maximum atomic E-state index is 11.9. The van der Waals surface area contributed by atoms with Crippen molar-refractivity contribution in [1.82, 2.24) is 0 Å². The summed E-state index contributed by atoms with van der Waals surface area (Å²) in [6, 6.07) is 6.77. The Kier molecular flexibility index (Phi) is 3.31. The Morgan fingerprint density at radius 2 is 2.15 bits per heavy atom. The van der Waals surface area contributed by atoms with Gasteiger partial charge in [-0.05, 0) is 85.0 Å². The number of hydrogen-bond donors (Lipinski definition) is 1. The van der Waals surface area contributed by atoms with Crippen LogP contribution in [0.4, 0.5) is 0 Å². The van der Waals surface area contributed by atoms with Gasteiger partial charge in [-0.25, -0.2) is 0 Å². The minimum absolute atomic E-state index is 0.0339. The summed E-state index contributed by atoms with van der Waals surface area (Å²) in [6.45, 7) is 4.78. The fraction of sp³-hybridized carbons (Fsp3) is 0.750. The maximum absolute atomic E-state index is 11.9. The standard InChI is InChI=1S/C24H32O3/c1-4-13-9-14-10-16(26-3)5-6-17(14)18-7-8-23(2)19(21(13)18)11-15-12-20-22(27-20)24(15,23)25/h5-6,10,13,15,18-22,25H,4,7-9,11-12H2,1-3H3/t13-,15+,18?,19?,20+,21?,22+,23+,24-/m1/s1. The number of benzene rings is 1. The predicted octanol–water partition coefficient (Wildman–Crippen LogP) is 4.32. The van der Waals surface area contributed by atoms with E-state index in [1.165, 1.54) is 31.2 Å². The van der Waals surface area contributed by atoms with E-state index in [-0.39, 0.29) is 11.5 Å². The van der Waals surface area contributed by atoms with Crippen LogP contribution >= 0.6 is 0 Å². The van der Waals surface area contributed by atoms with Gasteiger partial charge >= 0.3 is 0 Å². The average molecular weight is 369 g/mol. The van der Waals surface area contributed by atoms with E-state index >= 15 is 0 Å². The molecule has 3 unspecified atom stereocenters. The molecule has 4 aliphatic carbocycles. The molecule has 4 fully saturated rings. The monoisotopic (exact) mass is 368 g/mol. The first-order valence-electron chi connectivity index (χ1n) is 11.1. The molecule has 0 aromatic heterocycles. The van der Waals surface area contributed by atoms with Crippen molar-refractivity contribution in [3.8, 4) is 5.75 Å². The number of fused-ring (bicyclic) bond motifs is 9. The zero-order valence-corrected chi connectivity index (χ0v) is 16.8. The Labute approximate surface area is 162 Å². The van der Waals surface area contributed by atoms with Gasteiger partial charge in [0.15, 0.2) is 0 Å². The minimum Gasteiger partial charge on any atom is -0.497 e. The number of epoxide rings is 1. The fourth-order valence-corrected chi connectivity index (χ4v) is 8.33. The maximum Gasteiger partial charge on any atom is 0.119 e. The van der Waals surface area contributed by atoms with E-state index in [9.17, 15) is 5.11 Å². The molecule has 5 aliphatic rings. The molecule has 1 aromatic rings. The predicted molar refractivity (Wildman–Crippen MR) is 104 cm³/mol. The third kappa shape index (κ3) is 1.91. The molecule has 0 spiro atoms. The van der Waals surface area contributed by atoms with Crippen LogP contribution in [0.5, 0.6) is 5.75 Å². The highest BCUT2D eigenvalue weighted by Gasteiger charge is 2.77. The molecule has 1 saturated heterocycles. The van der Waals surface area contributed by atoms with Crippen LogP contribution in [-0.2, 0) is 11.2 Å². The third-order valence-corrected chi connectivity index (χ3v) is 9.63. The molecular formula is C24H32O3. The van der Waals surface area contributed by atoms with Crippen LogP contribution in [0.25, 0.3) is 0 Å². The van der Waals surface area contributed by atoms with Gasteiger partial charge in [-0.15, -0.1) is 0 Å². The highest BCUT2D eigenvalue weighted by Crippen LogP contribution is 2.73. The lowest BCUT2D eigenvalue weighted by atomic mass is 9.50. The van der Waals surface area contributed by atoms with Gasteiger partial charge in [0.2, 0.25) is 0 Å². The van der Waals surface area contributed by atoms with Gasteiger partial charge in [-0.2, -0.15) is 0 Å². The Balaban J connectivity index is 1.42. The Bertz CT molecular complexity index is 790. The second-order valence-corrected chi connectivity index (χ2v) is 10.3. The Morgan fingerprint density at radius 1 is 1.30 bits per heavy atom. The molecule has 0 amide bonds. The van der Waals surface area contributed by atoms with E-state index in [2.05, 4.69) is 32.0 Å². The van der Waals surface area contributed by atoms with Crippen LogP contribution in [0.3, 0.4) is 0 Å². The van der Waals surface area contributed by atoms with Crippen LogP contribution in [0.1, 0.15) is 63.0 Å². The molecule has 3 saturated carbocycles. The lowest BCUT2D eigenvalue weighted by Crippen LogP contribution is -2.55. The first-order valence-corrected chi connectivity index (χ1v) is 11.1. The van der Waals surface area contributed by atoms with Crippen molar-refractivity contribution in [2.24, 2.45) is 29.1 Å². The Hall–Kier alpha value is -1.06. The van der Waals surface area contributed by atoms with Gasteiger partial charge < -0.3 is 14.6 Å². The summed E-state index contributed by atoms with van der Waals surface area (Å²) in [6.07, 6.45) is 7.55. The van der Waals surface area contributed by atoms with Crippen LogP contribution < -0.4 is 4.74 Å². The minimum atomic E-state index is -0.564. The van der Waals surface area contributed by atoms with E-state index in [0.29, 0.717) is 29.8 Å². The lowest BCUT2D eigenvalue weighted by Gasteiger charge is -2.55. The van der Waals surface area contributed by atoms with E-state index < -0.39 is 5.60 Å². The third-order valence-electron chi connectivity index (χ3n) is 9.63. The summed E-state index contributed by atoms with van der Waals surface area (Å²) in [5.74, 6) is 4.17. The summed E-state index contributed by atoms with van der Waals surface area (Å²) >= 11 is 0. The van der Waals surface area contributed by atoms with Crippen LogP contribution in [0.2, 0.25) is 0 Å². The quantitative estimate of drug-likeness (QED) is 0.791. The van der Waals surface area contributed by atoms with Crippen molar-refractivity contribution in [2.75, 3.05) is 7.11 Å². The second-order valence-electron chi connectivity index (χ2n) is 10.3. The summed E-state index contributed by atoms with van der Waals surface area (Å²) in [5.41, 5.74) is 2.54. The zero-order valence-electron chi connectivity index (χ0n) is 16.8. The van der Waals surface area contributed by atoms with E-state index in [0.717, 1.165) is 24.5 Å². The molecule has 3 nitrogen and oxygen atoms in total. The number of rotatable bonds is 2. The topological polar surface area (TPSA) is 42.0 Å². The van der Waals surface area contributed by atoms with E-state index in [1.54, 1.807) is 12.7 Å². The molecule has 3 heteroatoms. The molecule has 146 valence electrons. The number of ether oxygens (including phenoxy) is 2. The summed E-state index contributed by atoms with van der Waals surface area (Å²) in [4.78, 5) is 0. The fourth-order valence-electron chi connectivity index (χ4n) is 8.33. The molecule has 1 aromatic carbocycles. The van der Waals surface area contributed by atoms with Gasteiger partial charge in [0, 0.05) is 5.41 Å². The van der Waals surface area contributed by atoms with Gasteiger partial charge in [0.25, 0.3) is 0 Å². The van der Waals surface area contributed by atoms with E-state index in [4.69, 9.17) is 9.47 Å². The molecule has 6 rings (SSSR count). The van der Waals surface area contributed by atoms with Crippen molar-refractivity contribution < 1.29 is 14.6 Å². The summed E-state index contributed by atoms with van der Waals surface area (Å²) < 4.78 is 11.4.